The number of hydrogen-bond donors (Lipinski definition) is 2. The molecule has 8 nitrogen and oxygen atoms in total. The smallest absolute Gasteiger partial charge is 0.407 e. The molecule has 1 amide bonds. The number of methoxy groups -OCH3 is 1. The Morgan fingerprint density at radius 1 is 1.25 bits per heavy atom. The molecule has 0 radical (unpaired) electrons. The zero-order valence-electron chi connectivity index (χ0n) is 16.5. The number of alkyl carbamates (subject to hydrolysis) is 1. The van der Waals surface area contributed by atoms with Crippen molar-refractivity contribution < 1.29 is 33.6 Å². The number of aliphatic hydroxyl groups excluding tert-OH is 1. The Bertz CT molecular complexity index is 639. The quantitative estimate of drug-likeness (QED) is 0.695. The summed E-state index contributed by atoms with van der Waals surface area (Å²) in [5.74, 6) is -0.690. The van der Waals surface area contributed by atoms with Gasteiger partial charge in [0.15, 0.2) is 12.1 Å². The Labute approximate surface area is 165 Å². The summed E-state index contributed by atoms with van der Waals surface area (Å²) >= 11 is 0. The molecule has 2 heterocycles. The van der Waals surface area contributed by atoms with E-state index in [9.17, 15) is 9.90 Å². The van der Waals surface area contributed by atoms with Crippen LogP contribution in [0.15, 0.2) is 30.3 Å². The van der Waals surface area contributed by atoms with Crippen molar-refractivity contribution in [1.82, 2.24) is 5.32 Å². The number of nitrogens with one attached hydrogen (secondary N) is 1. The molecule has 1 aromatic carbocycles. The molecule has 0 aromatic heterocycles. The fourth-order valence-corrected chi connectivity index (χ4v) is 3.57. The topological polar surface area (TPSA) is 95.5 Å². The van der Waals surface area contributed by atoms with E-state index in [1.165, 1.54) is 0 Å². The number of amides is 1. The van der Waals surface area contributed by atoms with Crippen molar-refractivity contribution in [1.29, 1.82) is 0 Å². The number of carbonyl (C=O) groups excluding carboxylic acids is 1. The van der Waals surface area contributed by atoms with Crippen molar-refractivity contribution in [2.24, 2.45) is 0 Å². The highest BCUT2D eigenvalue weighted by molar-refractivity contribution is 5.67. The van der Waals surface area contributed by atoms with Crippen molar-refractivity contribution in [3.05, 3.63) is 35.9 Å². The second kappa shape index (κ2) is 9.19. The lowest BCUT2D eigenvalue weighted by Gasteiger charge is -2.24. The SMILES string of the molecule is CO[C@@H]1O[C@H](CCC(CO)NC(=O)OCc2ccccc2)[C@H]2OC(C)(C)O[C@@H]12. The molecule has 1 unspecified atom stereocenters. The zero-order valence-corrected chi connectivity index (χ0v) is 16.5. The van der Waals surface area contributed by atoms with Crippen molar-refractivity contribution >= 4 is 6.09 Å². The molecule has 1 aromatic rings. The summed E-state index contributed by atoms with van der Waals surface area (Å²) in [4.78, 5) is 12.0. The van der Waals surface area contributed by atoms with Crippen LogP contribution in [0.2, 0.25) is 0 Å². The van der Waals surface area contributed by atoms with E-state index in [-0.39, 0.29) is 31.5 Å². The minimum atomic E-state index is -0.690. The van der Waals surface area contributed by atoms with E-state index in [2.05, 4.69) is 5.32 Å². The Morgan fingerprint density at radius 2 is 1.96 bits per heavy atom. The minimum absolute atomic E-state index is 0.177. The first kappa shape index (κ1) is 21.0. The van der Waals surface area contributed by atoms with Gasteiger partial charge in [-0.05, 0) is 32.3 Å². The van der Waals surface area contributed by atoms with Gasteiger partial charge in [-0.2, -0.15) is 0 Å². The Kier molecular flexibility index (Phi) is 6.90. The van der Waals surface area contributed by atoms with E-state index in [0.717, 1.165) is 5.56 Å². The maximum Gasteiger partial charge on any atom is 0.407 e. The summed E-state index contributed by atoms with van der Waals surface area (Å²) in [6.07, 6.45) is -0.758. The summed E-state index contributed by atoms with van der Waals surface area (Å²) in [5.41, 5.74) is 0.898. The lowest BCUT2D eigenvalue weighted by molar-refractivity contribution is -0.227. The predicted molar refractivity (Wildman–Crippen MR) is 99.4 cm³/mol. The van der Waals surface area contributed by atoms with Gasteiger partial charge in [0.2, 0.25) is 0 Å². The van der Waals surface area contributed by atoms with Crippen LogP contribution in [0.25, 0.3) is 0 Å². The van der Waals surface area contributed by atoms with Gasteiger partial charge >= 0.3 is 6.09 Å². The number of fused-ring (bicyclic) bond motifs is 1. The van der Waals surface area contributed by atoms with Crippen LogP contribution in [0.3, 0.4) is 0 Å². The molecular formula is C20H29NO7. The molecule has 2 N–H and O–H groups in total. The molecule has 5 atom stereocenters. The number of aliphatic hydroxyl groups is 1. The third kappa shape index (κ3) is 5.21. The average molecular weight is 395 g/mol. The van der Waals surface area contributed by atoms with Gasteiger partial charge in [0.25, 0.3) is 0 Å². The van der Waals surface area contributed by atoms with Gasteiger partial charge in [-0.1, -0.05) is 30.3 Å². The first-order valence-corrected chi connectivity index (χ1v) is 9.54. The van der Waals surface area contributed by atoms with Gasteiger partial charge in [-0.3, -0.25) is 0 Å². The van der Waals surface area contributed by atoms with Crippen molar-refractivity contribution in [2.75, 3.05) is 13.7 Å². The van der Waals surface area contributed by atoms with Crippen LogP contribution in [-0.4, -0.2) is 61.3 Å². The summed E-state index contributed by atoms with van der Waals surface area (Å²) in [5, 5.41) is 12.3. The summed E-state index contributed by atoms with van der Waals surface area (Å²) in [6, 6.07) is 8.97. The molecule has 0 bridgehead atoms. The second-order valence-electron chi connectivity index (χ2n) is 7.51. The van der Waals surface area contributed by atoms with Crippen LogP contribution < -0.4 is 5.32 Å². The minimum Gasteiger partial charge on any atom is -0.445 e. The Hall–Kier alpha value is -1.71. The monoisotopic (exact) mass is 395 g/mol. The second-order valence-corrected chi connectivity index (χ2v) is 7.51. The van der Waals surface area contributed by atoms with E-state index >= 15 is 0 Å². The standard InChI is InChI=1S/C20H29NO7/c1-20(2)27-16-15(26-18(24-3)17(16)28-20)10-9-14(11-22)21-19(23)25-12-13-7-5-4-6-8-13/h4-8,14-18,22H,9-12H2,1-3H3,(H,21,23)/t14?,15-,16-,17-,18-/m1/s1. The third-order valence-electron chi connectivity index (χ3n) is 4.89. The average Bonchev–Trinajstić information content (AvgIpc) is 3.17. The fourth-order valence-electron chi connectivity index (χ4n) is 3.57. The van der Waals surface area contributed by atoms with E-state index in [1.54, 1.807) is 7.11 Å². The molecule has 2 fully saturated rings. The number of benzene rings is 1. The highest BCUT2D eigenvalue weighted by atomic mass is 16.8. The molecule has 2 aliphatic rings. The molecule has 0 spiro atoms. The molecule has 2 saturated heterocycles. The van der Waals surface area contributed by atoms with Crippen LogP contribution in [0.5, 0.6) is 0 Å². The molecule has 8 heteroatoms. The Balaban J connectivity index is 1.46. The van der Waals surface area contributed by atoms with Crippen LogP contribution in [0.4, 0.5) is 4.79 Å². The first-order chi connectivity index (χ1) is 13.4. The highest BCUT2D eigenvalue weighted by Gasteiger charge is 2.55. The molecule has 0 aliphatic carbocycles. The highest BCUT2D eigenvalue weighted by Crippen LogP contribution is 2.40. The fraction of sp³-hybridized carbons (Fsp3) is 0.650. The summed E-state index contributed by atoms with van der Waals surface area (Å²) in [6.45, 7) is 3.69. The maximum atomic E-state index is 12.0. The largest absolute Gasteiger partial charge is 0.445 e. The molecule has 2 aliphatic heterocycles. The number of rotatable bonds is 8. The van der Waals surface area contributed by atoms with Crippen LogP contribution >= 0.6 is 0 Å². The van der Waals surface area contributed by atoms with Gasteiger partial charge < -0.3 is 34.1 Å². The van der Waals surface area contributed by atoms with E-state index < -0.39 is 24.2 Å². The molecule has 28 heavy (non-hydrogen) atoms. The van der Waals surface area contributed by atoms with Gasteiger partial charge in [-0.15, -0.1) is 0 Å². The van der Waals surface area contributed by atoms with Crippen LogP contribution in [0, 0.1) is 0 Å². The number of carbonyl (C=O) groups is 1. The molecule has 0 saturated carbocycles. The van der Waals surface area contributed by atoms with Gasteiger partial charge in [0.1, 0.15) is 18.8 Å². The maximum absolute atomic E-state index is 12.0. The summed E-state index contributed by atoms with van der Waals surface area (Å²) in [7, 11) is 1.57. The molecule has 3 rings (SSSR count). The zero-order chi connectivity index (χ0) is 20.1. The van der Waals surface area contributed by atoms with E-state index in [0.29, 0.717) is 12.8 Å². The number of ether oxygens (including phenoxy) is 5. The van der Waals surface area contributed by atoms with Crippen LogP contribution in [0.1, 0.15) is 32.3 Å². The Morgan fingerprint density at radius 3 is 2.64 bits per heavy atom. The van der Waals surface area contributed by atoms with E-state index in [1.807, 2.05) is 44.2 Å². The van der Waals surface area contributed by atoms with Crippen molar-refractivity contribution in [3.8, 4) is 0 Å². The summed E-state index contributed by atoms with van der Waals surface area (Å²) < 4.78 is 28.3. The van der Waals surface area contributed by atoms with Gasteiger partial charge in [-0.25, -0.2) is 4.79 Å². The number of hydrogen-bond acceptors (Lipinski definition) is 7. The third-order valence-corrected chi connectivity index (χ3v) is 4.89. The van der Waals surface area contributed by atoms with Crippen molar-refractivity contribution in [2.45, 2.75) is 69.7 Å². The first-order valence-electron chi connectivity index (χ1n) is 9.54. The molecule has 156 valence electrons. The van der Waals surface area contributed by atoms with Crippen LogP contribution in [-0.2, 0) is 30.3 Å². The molecular weight excluding hydrogens is 366 g/mol. The normalized spacial score (nSPS) is 29.3. The lowest BCUT2D eigenvalue weighted by Crippen LogP contribution is -2.39. The van der Waals surface area contributed by atoms with Gasteiger partial charge in [0.05, 0.1) is 18.8 Å². The predicted octanol–water partition coefficient (Wildman–Crippen LogP) is 1.95. The van der Waals surface area contributed by atoms with E-state index in [4.69, 9.17) is 23.7 Å². The van der Waals surface area contributed by atoms with Gasteiger partial charge in [0, 0.05) is 7.11 Å². The lowest BCUT2D eigenvalue weighted by atomic mass is 10.0. The van der Waals surface area contributed by atoms with Crippen molar-refractivity contribution in [3.63, 3.8) is 0 Å².